The van der Waals surface area contributed by atoms with E-state index in [0.29, 0.717) is 24.5 Å². The summed E-state index contributed by atoms with van der Waals surface area (Å²) in [4.78, 5) is 25.7. The summed E-state index contributed by atoms with van der Waals surface area (Å²) in [6, 6.07) is 6.68. The summed E-state index contributed by atoms with van der Waals surface area (Å²) in [5, 5.41) is 0. The fourth-order valence-corrected chi connectivity index (χ4v) is 2.46. The summed E-state index contributed by atoms with van der Waals surface area (Å²) in [7, 11) is 0. The molecule has 0 saturated carbocycles. The molecule has 0 atom stereocenters. The largest absolute Gasteiger partial charge is 0.427 e. The van der Waals surface area contributed by atoms with Crippen LogP contribution in [-0.2, 0) is 9.53 Å². The highest BCUT2D eigenvalue weighted by Crippen LogP contribution is 2.23. The third-order valence-electron chi connectivity index (χ3n) is 3.74. The van der Waals surface area contributed by atoms with Gasteiger partial charge in [-0.1, -0.05) is 0 Å². The summed E-state index contributed by atoms with van der Waals surface area (Å²) in [5.41, 5.74) is 0.0367. The number of benzene rings is 1. The second-order valence-corrected chi connectivity index (χ2v) is 5.61. The van der Waals surface area contributed by atoms with Gasteiger partial charge in [0.25, 0.3) is 0 Å². The van der Waals surface area contributed by atoms with Crippen molar-refractivity contribution in [3.05, 3.63) is 29.8 Å². The lowest BCUT2D eigenvalue weighted by Crippen LogP contribution is -2.54. The third-order valence-corrected chi connectivity index (χ3v) is 3.74. The van der Waals surface area contributed by atoms with Gasteiger partial charge in [-0.05, 0) is 38.1 Å². The van der Waals surface area contributed by atoms with Gasteiger partial charge in [0, 0.05) is 25.6 Å². The molecule has 0 unspecified atom stereocenters. The van der Waals surface area contributed by atoms with Crippen LogP contribution in [0.4, 0.5) is 0 Å². The monoisotopic (exact) mass is 291 g/mol. The van der Waals surface area contributed by atoms with E-state index in [1.54, 1.807) is 24.3 Å². The number of ketones is 1. The van der Waals surface area contributed by atoms with E-state index in [0.717, 1.165) is 13.1 Å². The molecule has 1 aromatic carbocycles. The van der Waals surface area contributed by atoms with Gasteiger partial charge in [0.2, 0.25) is 0 Å². The van der Waals surface area contributed by atoms with Gasteiger partial charge in [0.15, 0.2) is 5.78 Å². The molecular formula is C16H21NO4. The van der Waals surface area contributed by atoms with Gasteiger partial charge in [-0.15, -0.1) is 0 Å². The first-order valence-corrected chi connectivity index (χ1v) is 7.07. The van der Waals surface area contributed by atoms with Crippen molar-refractivity contribution in [2.45, 2.75) is 26.3 Å². The van der Waals surface area contributed by atoms with Crippen LogP contribution in [0.5, 0.6) is 5.75 Å². The molecule has 0 spiro atoms. The Morgan fingerprint density at radius 1 is 1.14 bits per heavy atom. The lowest BCUT2D eigenvalue weighted by Gasteiger charge is -2.39. The van der Waals surface area contributed by atoms with Crippen molar-refractivity contribution in [3.8, 4) is 5.75 Å². The van der Waals surface area contributed by atoms with Crippen LogP contribution in [0.1, 0.15) is 31.1 Å². The molecule has 0 radical (unpaired) electrons. The fraction of sp³-hybridized carbons (Fsp3) is 0.500. The van der Waals surface area contributed by atoms with Crippen molar-refractivity contribution in [2.24, 2.45) is 0 Å². The maximum absolute atomic E-state index is 12.7. The SMILES string of the molecule is CC(=O)Oc1ccc(C(=O)C(C)(C)N2CCOCC2)cc1. The predicted octanol–water partition coefficient (Wildman–Crippen LogP) is 1.91. The molecule has 0 N–H and O–H groups in total. The normalized spacial score (nSPS) is 16.5. The van der Waals surface area contributed by atoms with Crippen LogP contribution in [-0.4, -0.2) is 48.5 Å². The topological polar surface area (TPSA) is 55.8 Å². The molecule has 21 heavy (non-hydrogen) atoms. The Morgan fingerprint density at radius 2 is 1.71 bits per heavy atom. The van der Waals surface area contributed by atoms with Crippen LogP contribution < -0.4 is 4.74 Å². The number of hydrogen-bond acceptors (Lipinski definition) is 5. The minimum absolute atomic E-state index is 0.0544. The number of hydrogen-bond donors (Lipinski definition) is 0. The van der Waals surface area contributed by atoms with E-state index in [-0.39, 0.29) is 11.8 Å². The Hall–Kier alpha value is -1.72. The Morgan fingerprint density at radius 3 is 2.24 bits per heavy atom. The van der Waals surface area contributed by atoms with Crippen LogP contribution in [0.25, 0.3) is 0 Å². The molecule has 1 aliphatic heterocycles. The highest BCUT2D eigenvalue weighted by molar-refractivity contribution is 6.02. The van der Waals surface area contributed by atoms with Gasteiger partial charge in [0.05, 0.1) is 18.8 Å². The summed E-state index contributed by atoms with van der Waals surface area (Å²) < 4.78 is 10.3. The van der Waals surface area contributed by atoms with Gasteiger partial charge in [0.1, 0.15) is 5.75 Å². The zero-order valence-corrected chi connectivity index (χ0v) is 12.7. The highest BCUT2D eigenvalue weighted by Gasteiger charge is 2.35. The summed E-state index contributed by atoms with van der Waals surface area (Å²) >= 11 is 0. The molecule has 1 aromatic rings. The summed E-state index contributed by atoms with van der Waals surface area (Å²) in [6.07, 6.45) is 0. The van der Waals surface area contributed by atoms with Crippen LogP contribution in [0.15, 0.2) is 24.3 Å². The lowest BCUT2D eigenvalue weighted by molar-refractivity contribution is -0.131. The minimum Gasteiger partial charge on any atom is -0.427 e. The van der Waals surface area contributed by atoms with Crippen molar-refractivity contribution in [1.82, 2.24) is 4.90 Å². The maximum Gasteiger partial charge on any atom is 0.308 e. The Kier molecular flexibility index (Phi) is 4.75. The smallest absolute Gasteiger partial charge is 0.308 e. The average molecular weight is 291 g/mol. The second kappa shape index (κ2) is 6.37. The van der Waals surface area contributed by atoms with Gasteiger partial charge < -0.3 is 9.47 Å². The maximum atomic E-state index is 12.7. The van der Waals surface area contributed by atoms with E-state index < -0.39 is 5.54 Å². The van der Waals surface area contributed by atoms with Crippen molar-refractivity contribution >= 4 is 11.8 Å². The number of morpholine rings is 1. The molecule has 0 amide bonds. The van der Waals surface area contributed by atoms with Crippen LogP contribution in [0.3, 0.4) is 0 Å². The molecule has 1 saturated heterocycles. The van der Waals surface area contributed by atoms with Gasteiger partial charge in [-0.3, -0.25) is 14.5 Å². The second-order valence-electron chi connectivity index (χ2n) is 5.61. The van der Waals surface area contributed by atoms with Crippen molar-refractivity contribution in [3.63, 3.8) is 0 Å². The molecule has 1 aliphatic rings. The van der Waals surface area contributed by atoms with Gasteiger partial charge in [-0.25, -0.2) is 0 Å². The number of nitrogens with zero attached hydrogens (tertiary/aromatic N) is 1. The van der Waals surface area contributed by atoms with E-state index in [1.165, 1.54) is 6.92 Å². The van der Waals surface area contributed by atoms with E-state index in [4.69, 9.17) is 9.47 Å². The van der Waals surface area contributed by atoms with E-state index in [1.807, 2.05) is 13.8 Å². The molecule has 0 aliphatic carbocycles. The van der Waals surface area contributed by atoms with Crippen molar-refractivity contribution < 1.29 is 19.1 Å². The number of Topliss-reactive ketones (excluding diaryl/α,β-unsaturated/α-hetero) is 1. The Bertz CT molecular complexity index is 516. The first-order valence-electron chi connectivity index (χ1n) is 7.07. The van der Waals surface area contributed by atoms with Crippen molar-refractivity contribution in [2.75, 3.05) is 26.3 Å². The van der Waals surface area contributed by atoms with E-state index in [9.17, 15) is 9.59 Å². The van der Waals surface area contributed by atoms with Crippen LogP contribution in [0.2, 0.25) is 0 Å². The molecule has 1 heterocycles. The summed E-state index contributed by atoms with van der Waals surface area (Å²) in [6.45, 7) is 8.03. The van der Waals surface area contributed by atoms with Gasteiger partial charge >= 0.3 is 5.97 Å². The first-order chi connectivity index (χ1) is 9.91. The zero-order chi connectivity index (χ0) is 15.5. The van der Waals surface area contributed by atoms with Crippen molar-refractivity contribution in [1.29, 1.82) is 0 Å². The standard InChI is InChI=1S/C16H21NO4/c1-12(18)21-14-6-4-13(5-7-14)15(19)16(2,3)17-8-10-20-11-9-17/h4-7H,8-11H2,1-3H3. The third kappa shape index (κ3) is 3.68. The first kappa shape index (κ1) is 15.7. The molecule has 0 bridgehead atoms. The highest BCUT2D eigenvalue weighted by atomic mass is 16.5. The number of carbonyl (C=O) groups is 2. The predicted molar refractivity (Wildman–Crippen MR) is 78.6 cm³/mol. The Labute approximate surface area is 124 Å². The number of rotatable bonds is 4. The molecule has 1 fully saturated rings. The lowest BCUT2D eigenvalue weighted by atomic mass is 9.91. The van der Waals surface area contributed by atoms with E-state index >= 15 is 0 Å². The van der Waals surface area contributed by atoms with Crippen LogP contribution >= 0.6 is 0 Å². The Balaban J connectivity index is 2.12. The summed E-state index contributed by atoms with van der Waals surface area (Å²) in [5.74, 6) is 0.129. The van der Waals surface area contributed by atoms with Crippen LogP contribution in [0, 0.1) is 0 Å². The molecule has 2 rings (SSSR count). The molecule has 5 heteroatoms. The molecule has 0 aromatic heterocycles. The number of carbonyl (C=O) groups excluding carboxylic acids is 2. The quantitative estimate of drug-likeness (QED) is 0.482. The fourth-order valence-electron chi connectivity index (χ4n) is 2.46. The number of ether oxygens (including phenoxy) is 2. The number of esters is 1. The zero-order valence-electron chi connectivity index (χ0n) is 12.7. The average Bonchev–Trinajstić information content (AvgIpc) is 2.47. The molecular weight excluding hydrogens is 270 g/mol. The van der Waals surface area contributed by atoms with E-state index in [2.05, 4.69) is 4.90 Å². The van der Waals surface area contributed by atoms with Gasteiger partial charge in [-0.2, -0.15) is 0 Å². The molecule has 114 valence electrons. The minimum atomic E-state index is -0.577. The molecule has 5 nitrogen and oxygen atoms in total.